The molecule has 0 fully saturated rings. The lowest BCUT2D eigenvalue weighted by Gasteiger charge is -2.35. The smallest absolute Gasteiger partial charge is 0.0856 e. The van der Waals surface area contributed by atoms with Gasteiger partial charge in [-0.05, 0) is 60.4 Å². The van der Waals surface area contributed by atoms with Crippen LogP contribution in [0, 0.1) is 0 Å². The molecule has 4 rings (SSSR count). The van der Waals surface area contributed by atoms with Gasteiger partial charge in [0.1, 0.15) is 0 Å². The highest BCUT2D eigenvalue weighted by Crippen LogP contribution is 2.47. The van der Waals surface area contributed by atoms with Crippen LogP contribution in [0.3, 0.4) is 0 Å². The summed E-state index contributed by atoms with van der Waals surface area (Å²) in [6.07, 6.45) is 2.13. The van der Waals surface area contributed by atoms with Crippen molar-refractivity contribution in [1.82, 2.24) is 5.06 Å². The van der Waals surface area contributed by atoms with Crippen LogP contribution < -0.4 is 5.32 Å². The van der Waals surface area contributed by atoms with Gasteiger partial charge >= 0.3 is 0 Å². The summed E-state index contributed by atoms with van der Waals surface area (Å²) in [5.41, 5.74) is 4.28. The molecule has 0 bridgehead atoms. The number of nitrogens with zero attached hydrogens (tertiary/aromatic N) is 1. The molecule has 0 radical (unpaired) electrons. The zero-order chi connectivity index (χ0) is 17.3. The summed E-state index contributed by atoms with van der Waals surface area (Å²) < 4.78 is 0. The number of hydrogen-bond donors (Lipinski definition) is 3. The number of anilines is 1. The van der Waals surface area contributed by atoms with Crippen molar-refractivity contribution in [3.8, 4) is 0 Å². The largest absolute Gasteiger partial charge is 0.391 e. The summed E-state index contributed by atoms with van der Waals surface area (Å²) in [6, 6.07) is 10.5. The summed E-state index contributed by atoms with van der Waals surface area (Å²) in [5, 5.41) is 27.9. The third-order valence-corrected chi connectivity index (χ3v) is 4.59. The summed E-state index contributed by atoms with van der Waals surface area (Å²) in [5.74, 6) is 0. The van der Waals surface area contributed by atoms with Crippen LogP contribution in [0.25, 0.3) is 0 Å². The molecule has 130 valence electrons. The van der Waals surface area contributed by atoms with Gasteiger partial charge in [-0.25, -0.2) is 0 Å². The van der Waals surface area contributed by atoms with Gasteiger partial charge in [-0.15, -0.1) is 0 Å². The summed E-state index contributed by atoms with van der Waals surface area (Å²) >= 11 is 1.71. The van der Waals surface area contributed by atoms with E-state index in [0.717, 1.165) is 11.3 Å². The Morgan fingerprint density at radius 2 is 1.96 bits per heavy atom. The SMILES string of the molecule is CC(C)(C)O.ON1CC=C2[C@@H](c3ccsc3)Nc3ccccc3[C@H]21.[HH]. The molecule has 2 aromatic rings. The maximum absolute atomic E-state index is 10.1. The minimum absolute atomic E-state index is 0. The van der Waals surface area contributed by atoms with Gasteiger partial charge in [-0.1, -0.05) is 24.3 Å². The first-order valence-electron chi connectivity index (χ1n) is 8.10. The van der Waals surface area contributed by atoms with E-state index in [2.05, 4.69) is 40.4 Å². The van der Waals surface area contributed by atoms with E-state index in [-0.39, 0.29) is 13.5 Å². The highest BCUT2D eigenvalue weighted by Gasteiger charge is 2.38. The Labute approximate surface area is 148 Å². The van der Waals surface area contributed by atoms with Crippen molar-refractivity contribution in [2.75, 3.05) is 11.9 Å². The third kappa shape index (κ3) is 3.70. The molecule has 1 aromatic heterocycles. The fraction of sp³-hybridized carbons (Fsp3) is 0.368. The predicted octanol–water partition coefficient (Wildman–Crippen LogP) is 4.61. The predicted molar refractivity (Wildman–Crippen MR) is 101 cm³/mol. The first kappa shape index (κ1) is 17.2. The van der Waals surface area contributed by atoms with Crippen molar-refractivity contribution in [3.63, 3.8) is 0 Å². The molecule has 0 saturated heterocycles. The lowest BCUT2D eigenvalue weighted by atomic mass is 9.87. The van der Waals surface area contributed by atoms with Gasteiger partial charge < -0.3 is 15.6 Å². The molecule has 0 amide bonds. The molecule has 1 aromatic carbocycles. The van der Waals surface area contributed by atoms with Crippen LogP contribution in [-0.2, 0) is 0 Å². The molecule has 3 heterocycles. The van der Waals surface area contributed by atoms with E-state index in [9.17, 15) is 5.21 Å². The average molecular weight is 346 g/mol. The van der Waals surface area contributed by atoms with Crippen LogP contribution in [-0.4, -0.2) is 27.5 Å². The molecule has 0 unspecified atom stereocenters. The van der Waals surface area contributed by atoms with Crippen molar-refractivity contribution >= 4 is 17.0 Å². The lowest BCUT2D eigenvalue weighted by molar-refractivity contribution is -0.0999. The zero-order valence-electron chi connectivity index (χ0n) is 14.2. The van der Waals surface area contributed by atoms with E-state index in [1.165, 1.54) is 16.2 Å². The minimum Gasteiger partial charge on any atom is -0.391 e. The second-order valence-corrected chi connectivity index (χ2v) is 7.90. The Balaban J connectivity index is 0.000000335. The fourth-order valence-corrected chi connectivity index (χ4v) is 3.71. The van der Waals surface area contributed by atoms with Gasteiger partial charge in [0.2, 0.25) is 0 Å². The normalized spacial score (nSPS) is 22.6. The van der Waals surface area contributed by atoms with Crippen LogP contribution >= 0.6 is 11.3 Å². The maximum atomic E-state index is 10.1. The standard InChI is InChI=1S/C15H14N2OS.C4H10O.H2/c18-17-7-5-12-14(10-6-8-19-9-10)16-13-4-2-1-3-11(13)15(12)17;1-4(2,3)5;/h1-6,8-9,14-16,18H,7H2;5H,1-3H3;1H/t14-,15-;;/m1../s1. The van der Waals surface area contributed by atoms with Crippen LogP contribution in [0.2, 0.25) is 0 Å². The van der Waals surface area contributed by atoms with Crippen LogP contribution in [0.4, 0.5) is 5.69 Å². The molecular weight excluding hydrogens is 320 g/mol. The molecule has 4 nitrogen and oxygen atoms in total. The quantitative estimate of drug-likeness (QED) is 0.660. The molecule has 2 aliphatic heterocycles. The van der Waals surface area contributed by atoms with E-state index in [1.54, 1.807) is 32.1 Å². The van der Waals surface area contributed by atoms with Gasteiger partial charge in [0, 0.05) is 13.7 Å². The van der Waals surface area contributed by atoms with Gasteiger partial charge in [-0.3, -0.25) is 0 Å². The molecule has 24 heavy (non-hydrogen) atoms. The highest BCUT2D eigenvalue weighted by molar-refractivity contribution is 7.08. The van der Waals surface area contributed by atoms with Gasteiger partial charge in [0.05, 0.1) is 17.7 Å². The number of aliphatic hydroxyl groups is 1. The van der Waals surface area contributed by atoms with Gasteiger partial charge in [-0.2, -0.15) is 16.4 Å². The Hall–Kier alpha value is -1.66. The number of hydroxylamine groups is 2. The number of rotatable bonds is 1. The second-order valence-electron chi connectivity index (χ2n) is 7.12. The zero-order valence-corrected chi connectivity index (χ0v) is 15.0. The number of nitrogens with one attached hydrogen (secondary N) is 1. The van der Waals surface area contributed by atoms with Crippen molar-refractivity contribution in [1.29, 1.82) is 0 Å². The third-order valence-electron chi connectivity index (χ3n) is 3.89. The molecule has 5 heteroatoms. The Morgan fingerprint density at radius 3 is 2.62 bits per heavy atom. The van der Waals surface area contributed by atoms with E-state index < -0.39 is 5.60 Å². The van der Waals surface area contributed by atoms with Crippen molar-refractivity contribution in [3.05, 3.63) is 63.9 Å². The Morgan fingerprint density at radius 1 is 1.25 bits per heavy atom. The fourth-order valence-electron chi connectivity index (χ4n) is 3.02. The van der Waals surface area contributed by atoms with Crippen LogP contribution in [0.15, 0.2) is 52.7 Å². The summed E-state index contributed by atoms with van der Waals surface area (Å²) in [4.78, 5) is 0. The number of para-hydroxylation sites is 1. The number of fused-ring (bicyclic) bond motifs is 3. The lowest BCUT2D eigenvalue weighted by Crippen LogP contribution is -2.29. The number of thiophene rings is 1. The monoisotopic (exact) mass is 346 g/mol. The Bertz CT molecular complexity index is 719. The summed E-state index contributed by atoms with van der Waals surface area (Å²) in [6.45, 7) is 5.82. The average Bonchev–Trinajstić information content (AvgIpc) is 3.15. The second kappa shape index (κ2) is 6.69. The number of hydrogen-bond acceptors (Lipinski definition) is 5. The van der Waals surface area contributed by atoms with Crippen molar-refractivity contribution in [2.24, 2.45) is 0 Å². The first-order chi connectivity index (χ1) is 11.3. The van der Waals surface area contributed by atoms with Crippen molar-refractivity contribution in [2.45, 2.75) is 38.5 Å². The minimum atomic E-state index is -0.500. The van der Waals surface area contributed by atoms with Crippen LogP contribution in [0.1, 0.15) is 45.4 Å². The van der Waals surface area contributed by atoms with E-state index in [0.29, 0.717) is 6.54 Å². The van der Waals surface area contributed by atoms with E-state index >= 15 is 0 Å². The highest BCUT2D eigenvalue weighted by atomic mass is 32.1. The molecule has 3 N–H and O–H groups in total. The van der Waals surface area contributed by atoms with E-state index in [1.807, 2.05) is 12.1 Å². The first-order valence-corrected chi connectivity index (χ1v) is 9.04. The molecule has 2 aliphatic rings. The topological polar surface area (TPSA) is 55.7 Å². The van der Waals surface area contributed by atoms with Crippen LogP contribution in [0.5, 0.6) is 0 Å². The van der Waals surface area contributed by atoms with Gasteiger partial charge in [0.25, 0.3) is 0 Å². The maximum Gasteiger partial charge on any atom is 0.0856 e. The molecular formula is C19H26N2O2S. The van der Waals surface area contributed by atoms with E-state index in [4.69, 9.17) is 5.11 Å². The molecule has 0 spiro atoms. The molecule has 2 atom stereocenters. The molecule has 0 saturated carbocycles. The number of benzene rings is 1. The Kier molecular flexibility index (Phi) is 4.78. The summed E-state index contributed by atoms with van der Waals surface area (Å²) in [7, 11) is 0. The molecule has 0 aliphatic carbocycles. The van der Waals surface area contributed by atoms with Crippen molar-refractivity contribution < 1.29 is 11.7 Å². The van der Waals surface area contributed by atoms with Gasteiger partial charge in [0.15, 0.2) is 0 Å².